The van der Waals surface area contributed by atoms with Crippen molar-refractivity contribution in [3.8, 4) is 0 Å². The molecule has 3 rings (SSSR count). The predicted octanol–water partition coefficient (Wildman–Crippen LogP) is 2.09. The number of rotatable bonds is 4. The Morgan fingerprint density at radius 3 is 2.65 bits per heavy atom. The number of aromatic nitrogens is 2. The molecule has 3 N–H and O–H groups in total. The Bertz CT molecular complexity index is 631. The summed E-state index contributed by atoms with van der Waals surface area (Å²) in [4.78, 5) is 20.6. The first-order valence-corrected chi connectivity index (χ1v) is 6.92. The van der Waals surface area contributed by atoms with E-state index in [9.17, 15) is 4.79 Å². The first-order valence-electron chi connectivity index (χ1n) is 6.92. The minimum Gasteiger partial charge on any atom is -0.330 e. The van der Waals surface area contributed by atoms with E-state index in [1.165, 1.54) is 6.42 Å². The van der Waals surface area contributed by atoms with Gasteiger partial charge in [-0.1, -0.05) is 6.42 Å². The standard InChI is InChI=1S/C15H18N4O/c16-10-15(4-1-5-15)9-14(20)19-11-2-3-12-13(8-11)18-7-6-17-12/h2-3,6-8H,1,4-5,9-10,16H2,(H,19,20). The molecule has 5 nitrogen and oxygen atoms in total. The second kappa shape index (κ2) is 5.17. The number of hydrogen-bond donors (Lipinski definition) is 2. The second-order valence-corrected chi connectivity index (χ2v) is 5.54. The monoisotopic (exact) mass is 270 g/mol. The molecule has 104 valence electrons. The Morgan fingerprint density at radius 1 is 1.25 bits per heavy atom. The van der Waals surface area contributed by atoms with Crippen molar-refractivity contribution >= 4 is 22.6 Å². The predicted molar refractivity (Wildman–Crippen MR) is 78.1 cm³/mol. The number of nitrogens with two attached hydrogens (primary N) is 1. The number of carbonyl (C=O) groups is 1. The number of carbonyl (C=O) groups excluding carboxylic acids is 1. The molecular weight excluding hydrogens is 252 g/mol. The van der Waals surface area contributed by atoms with Gasteiger partial charge in [0.1, 0.15) is 0 Å². The molecule has 0 saturated heterocycles. The molecule has 5 heteroatoms. The van der Waals surface area contributed by atoms with E-state index in [0.29, 0.717) is 13.0 Å². The van der Waals surface area contributed by atoms with Crippen LogP contribution in [0.25, 0.3) is 11.0 Å². The van der Waals surface area contributed by atoms with Crippen molar-refractivity contribution in [3.05, 3.63) is 30.6 Å². The van der Waals surface area contributed by atoms with Gasteiger partial charge in [-0.25, -0.2) is 0 Å². The van der Waals surface area contributed by atoms with E-state index in [0.717, 1.165) is 29.6 Å². The van der Waals surface area contributed by atoms with Crippen molar-refractivity contribution in [2.24, 2.45) is 11.1 Å². The lowest BCUT2D eigenvalue weighted by Crippen LogP contribution is -2.40. The van der Waals surface area contributed by atoms with Gasteiger partial charge in [-0.3, -0.25) is 14.8 Å². The molecule has 1 amide bonds. The van der Waals surface area contributed by atoms with Crippen molar-refractivity contribution in [2.75, 3.05) is 11.9 Å². The third kappa shape index (κ3) is 2.49. The summed E-state index contributed by atoms with van der Waals surface area (Å²) in [6.07, 6.45) is 7.09. The van der Waals surface area contributed by atoms with Crippen LogP contribution in [0.2, 0.25) is 0 Å². The number of fused-ring (bicyclic) bond motifs is 1. The summed E-state index contributed by atoms with van der Waals surface area (Å²) in [5.41, 5.74) is 8.18. The number of amides is 1. The molecule has 0 bridgehead atoms. The maximum absolute atomic E-state index is 12.1. The first kappa shape index (κ1) is 13.0. The normalized spacial score (nSPS) is 16.6. The van der Waals surface area contributed by atoms with Crippen LogP contribution >= 0.6 is 0 Å². The lowest BCUT2D eigenvalue weighted by Gasteiger charge is -2.40. The molecule has 2 aromatic rings. The number of nitrogens with zero attached hydrogens (tertiary/aromatic N) is 2. The van der Waals surface area contributed by atoms with E-state index in [-0.39, 0.29) is 11.3 Å². The van der Waals surface area contributed by atoms with E-state index in [1.807, 2.05) is 18.2 Å². The summed E-state index contributed by atoms with van der Waals surface area (Å²) in [6.45, 7) is 0.587. The van der Waals surface area contributed by atoms with Gasteiger partial charge < -0.3 is 11.1 Å². The minimum absolute atomic E-state index is 0.0263. The maximum atomic E-state index is 12.1. The zero-order valence-electron chi connectivity index (χ0n) is 11.3. The molecule has 1 aromatic carbocycles. The van der Waals surface area contributed by atoms with Gasteiger partial charge in [-0.05, 0) is 43.0 Å². The summed E-state index contributed by atoms with van der Waals surface area (Å²) in [5, 5.41) is 2.93. The van der Waals surface area contributed by atoms with Crippen molar-refractivity contribution in [1.82, 2.24) is 9.97 Å². The van der Waals surface area contributed by atoms with Crippen LogP contribution in [0.5, 0.6) is 0 Å². The van der Waals surface area contributed by atoms with E-state index in [2.05, 4.69) is 15.3 Å². The van der Waals surface area contributed by atoms with E-state index < -0.39 is 0 Å². The van der Waals surface area contributed by atoms with E-state index in [1.54, 1.807) is 12.4 Å². The number of benzene rings is 1. The van der Waals surface area contributed by atoms with Crippen LogP contribution in [-0.4, -0.2) is 22.4 Å². The minimum atomic E-state index is 0.0263. The van der Waals surface area contributed by atoms with Gasteiger partial charge in [0.05, 0.1) is 11.0 Å². The summed E-state index contributed by atoms with van der Waals surface area (Å²) >= 11 is 0. The van der Waals surface area contributed by atoms with Gasteiger partial charge in [-0.15, -0.1) is 0 Å². The Kier molecular flexibility index (Phi) is 3.36. The lowest BCUT2D eigenvalue weighted by atomic mass is 9.66. The topological polar surface area (TPSA) is 80.9 Å². The van der Waals surface area contributed by atoms with E-state index >= 15 is 0 Å². The quantitative estimate of drug-likeness (QED) is 0.891. The fraction of sp³-hybridized carbons (Fsp3) is 0.400. The molecule has 0 spiro atoms. The molecule has 1 aliphatic carbocycles. The number of hydrogen-bond acceptors (Lipinski definition) is 4. The first-order chi connectivity index (χ1) is 9.71. The Labute approximate surface area is 117 Å². The average Bonchev–Trinajstić information content (AvgIpc) is 2.43. The Balaban J connectivity index is 1.71. The number of nitrogens with one attached hydrogen (secondary N) is 1. The van der Waals surface area contributed by atoms with Crippen molar-refractivity contribution in [1.29, 1.82) is 0 Å². The van der Waals surface area contributed by atoms with Crippen molar-refractivity contribution < 1.29 is 4.79 Å². The number of anilines is 1. The van der Waals surface area contributed by atoms with Gasteiger partial charge in [-0.2, -0.15) is 0 Å². The Morgan fingerprint density at radius 2 is 2.00 bits per heavy atom. The molecule has 1 aromatic heterocycles. The van der Waals surface area contributed by atoms with Gasteiger partial charge in [0, 0.05) is 24.5 Å². The highest BCUT2D eigenvalue weighted by Gasteiger charge is 2.37. The lowest BCUT2D eigenvalue weighted by molar-refractivity contribution is -0.119. The molecule has 0 atom stereocenters. The largest absolute Gasteiger partial charge is 0.330 e. The van der Waals surface area contributed by atoms with Crippen LogP contribution in [0.1, 0.15) is 25.7 Å². The third-order valence-electron chi connectivity index (χ3n) is 4.14. The van der Waals surface area contributed by atoms with Crippen LogP contribution in [-0.2, 0) is 4.79 Å². The smallest absolute Gasteiger partial charge is 0.224 e. The maximum Gasteiger partial charge on any atom is 0.224 e. The molecule has 1 fully saturated rings. The molecule has 0 aliphatic heterocycles. The fourth-order valence-corrected chi connectivity index (χ4v) is 2.72. The summed E-state index contributed by atoms with van der Waals surface area (Å²) in [6, 6.07) is 5.56. The summed E-state index contributed by atoms with van der Waals surface area (Å²) in [5.74, 6) is 0.0263. The molecule has 20 heavy (non-hydrogen) atoms. The van der Waals surface area contributed by atoms with Crippen LogP contribution in [0, 0.1) is 5.41 Å². The van der Waals surface area contributed by atoms with Gasteiger partial charge in [0.25, 0.3) is 0 Å². The zero-order valence-corrected chi connectivity index (χ0v) is 11.3. The third-order valence-corrected chi connectivity index (χ3v) is 4.14. The molecule has 1 saturated carbocycles. The average molecular weight is 270 g/mol. The van der Waals surface area contributed by atoms with Crippen LogP contribution in [0.3, 0.4) is 0 Å². The Hall–Kier alpha value is -2.01. The second-order valence-electron chi connectivity index (χ2n) is 5.54. The molecule has 1 aliphatic rings. The SMILES string of the molecule is NCC1(CC(=O)Nc2ccc3nccnc3c2)CCC1. The van der Waals surface area contributed by atoms with Crippen LogP contribution in [0.15, 0.2) is 30.6 Å². The highest BCUT2D eigenvalue weighted by atomic mass is 16.1. The van der Waals surface area contributed by atoms with Crippen LogP contribution < -0.4 is 11.1 Å². The van der Waals surface area contributed by atoms with E-state index in [4.69, 9.17) is 5.73 Å². The van der Waals surface area contributed by atoms with Gasteiger partial charge in [0.15, 0.2) is 0 Å². The highest BCUT2D eigenvalue weighted by molar-refractivity contribution is 5.93. The molecule has 0 unspecified atom stereocenters. The van der Waals surface area contributed by atoms with Crippen molar-refractivity contribution in [3.63, 3.8) is 0 Å². The molecule has 0 radical (unpaired) electrons. The van der Waals surface area contributed by atoms with Crippen molar-refractivity contribution in [2.45, 2.75) is 25.7 Å². The highest BCUT2D eigenvalue weighted by Crippen LogP contribution is 2.43. The van der Waals surface area contributed by atoms with Gasteiger partial charge >= 0.3 is 0 Å². The zero-order chi connectivity index (χ0) is 14.0. The summed E-state index contributed by atoms with van der Waals surface area (Å²) in [7, 11) is 0. The van der Waals surface area contributed by atoms with Crippen LogP contribution in [0.4, 0.5) is 5.69 Å². The summed E-state index contributed by atoms with van der Waals surface area (Å²) < 4.78 is 0. The van der Waals surface area contributed by atoms with Gasteiger partial charge in [0.2, 0.25) is 5.91 Å². The molecule has 1 heterocycles. The molecular formula is C15H18N4O. The fourth-order valence-electron chi connectivity index (χ4n) is 2.72.